The highest BCUT2D eigenvalue weighted by Gasteiger charge is 2.33. The van der Waals surface area contributed by atoms with E-state index in [1.165, 1.54) is 6.20 Å². The van der Waals surface area contributed by atoms with Gasteiger partial charge in [0.05, 0.1) is 17.7 Å². The van der Waals surface area contributed by atoms with Crippen molar-refractivity contribution in [3.8, 4) is 5.75 Å². The van der Waals surface area contributed by atoms with Crippen LogP contribution in [0.4, 0.5) is 14.6 Å². The van der Waals surface area contributed by atoms with Crippen LogP contribution in [-0.4, -0.2) is 42.5 Å². The van der Waals surface area contributed by atoms with Crippen LogP contribution in [0.3, 0.4) is 0 Å². The van der Waals surface area contributed by atoms with E-state index < -0.39 is 17.5 Å². The molecule has 1 fully saturated rings. The smallest absolute Gasteiger partial charge is 0.253 e. The Morgan fingerprint density at radius 2 is 1.79 bits per heavy atom. The summed E-state index contributed by atoms with van der Waals surface area (Å²) in [5.41, 5.74) is 1.51. The number of pyridine rings is 1. The fourth-order valence-corrected chi connectivity index (χ4v) is 5.22. The average Bonchev–Trinajstić information content (AvgIpc) is 3.37. The van der Waals surface area contributed by atoms with E-state index in [9.17, 15) is 18.4 Å². The van der Waals surface area contributed by atoms with Gasteiger partial charge in [0.2, 0.25) is 0 Å². The van der Waals surface area contributed by atoms with Crippen LogP contribution in [0.2, 0.25) is 5.02 Å². The second kappa shape index (κ2) is 12.4. The first kappa shape index (κ1) is 28.3. The van der Waals surface area contributed by atoms with Crippen molar-refractivity contribution in [3.63, 3.8) is 0 Å². The summed E-state index contributed by atoms with van der Waals surface area (Å²) < 4.78 is 33.0. The predicted octanol–water partition coefficient (Wildman–Crippen LogP) is 5.44. The molecule has 1 aromatic heterocycles. The van der Waals surface area contributed by atoms with Gasteiger partial charge in [-0.1, -0.05) is 24.6 Å². The number of amides is 2. The van der Waals surface area contributed by atoms with Crippen molar-refractivity contribution in [1.82, 2.24) is 15.6 Å². The van der Waals surface area contributed by atoms with Crippen molar-refractivity contribution in [1.29, 1.82) is 0 Å². The Bertz CT molecular complexity index is 1350. The maximum atomic E-state index is 14.0. The van der Waals surface area contributed by atoms with E-state index in [-0.39, 0.29) is 40.7 Å². The number of carbonyl (C=O) groups is 2. The molecule has 2 unspecified atom stereocenters. The number of rotatable bonds is 9. The van der Waals surface area contributed by atoms with Crippen LogP contribution in [0.1, 0.15) is 58.0 Å². The zero-order valence-electron chi connectivity index (χ0n) is 22.1. The summed E-state index contributed by atoms with van der Waals surface area (Å²) in [4.78, 5) is 32.3. The third kappa shape index (κ3) is 6.14. The molecular weight excluding hydrogens is 526 g/mol. The summed E-state index contributed by atoms with van der Waals surface area (Å²) in [6.07, 6.45) is 4.21. The second-order valence-corrected chi connectivity index (χ2v) is 9.83. The molecule has 2 atom stereocenters. The molecule has 0 radical (unpaired) electrons. The summed E-state index contributed by atoms with van der Waals surface area (Å²) in [5.74, 6) is -0.746. The molecule has 2 heterocycles. The minimum Gasteiger partial charge on any atom is -0.496 e. The van der Waals surface area contributed by atoms with Crippen molar-refractivity contribution in [2.45, 2.75) is 51.7 Å². The average molecular weight is 557 g/mol. The van der Waals surface area contributed by atoms with Crippen LogP contribution in [0.25, 0.3) is 0 Å². The van der Waals surface area contributed by atoms with Crippen LogP contribution in [0.5, 0.6) is 5.75 Å². The molecule has 2 N–H and O–H groups in total. The molecule has 0 spiro atoms. The molecule has 3 aromatic rings. The molecule has 206 valence electrons. The third-order valence-electron chi connectivity index (χ3n) is 7.18. The quantitative estimate of drug-likeness (QED) is 0.343. The van der Waals surface area contributed by atoms with Crippen molar-refractivity contribution >= 4 is 29.2 Å². The van der Waals surface area contributed by atoms with Gasteiger partial charge in [-0.15, -0.1) is 0 Å². The molecule has 1 aliphatic rings. The number of carbonyl (C=O) groups excluding carboxylic acids is 2. The summed E-state index contributed by atoms with van der Waals surface area (Å²) in [6.45, 7) is 4.14. The van der Waals surface area contributed by atoms with Crippen LogP contribution < -0.4 is 20.3 Å². The number of hydrogen-bond acceptors (Lipinski definition) is 5. The monoisotopic (exact) mass is 556 g/mol. The zero-order valence-corrected chi connectivity index (χ0v) is 22.8. The van der Waals surface area contributed by atoms with Gasteiger partial charge in [0.25, 0.3) is 11.8 Å². The highest BCUT2D eigenvalue weighted by Crippen LogP contribution is 2.31. The van der Waals surface area contributed by atoms with Crippen molar-refractivity contribution in [2.24, 2.45) is 0 Å². The third-order valence-corrected chi connectivity index (χ3v) is 7.59. The molecule has 2 aromatic carbocycles. The molecule has 0 saturated carbocycles. The number of aromatic nitrogens is 1. The largest absolute Gasteiger partial charge is 0.496 e. The summed E-state index contributed by atoms with van der Waals surface area (Å²) >= 11 is 5.85. The Morgan fingerprint density at radius 1 is 1.05 bits per heavy atom. The van der Waals surface area contributed by atoms with Gasteiger partial charge in [-0.2, -0.15) is 0 Å². The van der Waals surface area contributed by atoms with E-state index in [1.807, 2.05) is 13.0 Å². The standard InChI is InChI=1S/C29H31ClF2N4O3/c1-4-19-9-10-20(15-34-29(38)21-6-5-7-25(39-3)17(21)2)36(19)26-13-8-18(14-33-26)28(37)35-16-22-23(31)11-12-24(32)27(22)30/h5-8,11-14,19-20H,4,9-10,15-16H2,1-3H3,(H,34,38)(H,35,37). The number of anilines is 1. The fourth-order valence-electron chi connectivity index (χ4n) is 5.00. The first-order valence-electron chi connectivity index (χ1n) is 12.8. The van der Waals surface area contributed by atoms with Gasteiger partial charge < -0.3 is 20.3 Å². The highest BCUT2D eigenvalue weighted by molar-refractivity contribution is 6.31. The van der Waals surface area contributed by atoms with Crippen molar-refractivity contribution in [2.75, 3.05) is 18.6 Å². The Balaban J connectivity index is 1.42. The fraction of sp³-hybridized carbons (Fsp3) is 0.345. The lowest BCUT2D eigenvalue weighted by atomic mass is 10.1. The summed E-state index contributed by atoms with van der Waals surface area (Å²) in [5, 5.41) is 5.26. The van der Waals surface area contributed by atoms with E-state index in [4.69, 9.17) is 16.3 Å². The SMILES string of the molecule is CCC1CCC(CNC(=O)c2cccc(OC)c2C)N1c1ccc(C(=O)NCc2c(F)ccc(F)c2Cl)cn1. The van der Waals surface area contributed by atoms with Crippen LogP contribution in [0, 0.1) is 18.6 Å². The number of nitrogens with zero attached hydrogens (tertiary/aromatic N) is 2. The molecule has 0 bridgehead atoms. The number of benzene rings is 2. The summed E-state index contributed by atoms with van der Waals surface area (Å²) in [6, 6.07) is 11.0. The van der Waals surface area contributed by atoms with E-state index in [0.29, 0.717) is 23.7 Å². The van der Waals surface area contributed by atoms with E-state index in [2.05, 4.69) is 27.4 Å². The molecule has 1 saturated heterocycles. The Labute approximate surface area is 231 Å². The molecule has 10 heteroatoms. The van der Waals surface area contributed by atoms with Crippen molar-refractivity contribution in [3.05, 3.63) is 87.6 Å². The molecule has 1 aliphatic heterocycles. The van der Waals surface area contributed by atoms with Gasteiger partial charge in [0, 0.05) is 48.1 Å². The number of methoxy groups -OCH3 is 1. The molecule has 39 heavy (non-hydrogen) atoms. The maximum absolute atomic E-state index is 14.0. The van der Waals surface area contributed by atoms with Crippen LogP contribution >= 0.6 is 11.6 Å². The maximum Gasteiger partial charge on any atom is 0.253 e. The molecular formula is C29H31ClF2N4O3. The van der Waals surface area contributed by atoms with Crippen LogP contribution in [0.15, 0.2) is 48.7 Å². The lowest BCUT2D eigenvalue weighted by Gasteiger charge is -2.31. The number of halogens is 3. The lowest BCUT2D eigenvalue weighted by molar-refractivity contribution is 0.0941. The van der Waals surface area contributed by atoms with Gasteiger partial charge in [0.15, 0.2) is 0 Å². The Hall–Kier alpha value is -3.72. The van der Waals surface area contributed by atoms with E-state index in [1.54, 1.807) is 31.4 Å². The predicted molar refractivity (Wildman–Crippen MR) is 146 cm³/mol. The number of nitrogens with one attached hydrogen (secondary N) is 2. The first-order chi connectivity index (χ1) is 18.7. The van der Waals surface area contributed by atoms with Gasteiger partial charge in [0.1, 0.15) is 23.2 Å². The molecule has 7 nitrogen and oxygen atoms in total. The molecule has 2 amide bonds. The molecule has 4 rings (SSSR count). The second-order valence-electron chi connectivity index (χ2n) is 9.45. The first-order valence-corrected chi connectivity index (χ1v) is 13.2. The highest BCUT2D eigenvalue weighted by atomic mass is 35.5. The topological polar surface area (TPSA) is 83.6 Å². The molecule has 0 aliphatic carbocycles. The Morgan fingerprint density at radius 3 is 2.49 bits per heavy atom. The van der Waals surface area contributed by atoms with Gasteiger partial charge >= 0.3 is 0 Å². The van der Waals surface area contributed by atoms with Gasteiger partial charge in [-0.25, -0.2) is 13.8 Å². The minimum absolute atomic E-state index is 0.0371. The zero-order chi connectivity index (χ0) is 28.1. The van der Waals surface area contributed by atoms with Crippen LogP contribution in [-0.2, 0) is 6.54 Å². The van der Waals surface area contributed by atoms with E-state index in [0.717, 1.165) is 37.0 Å². The Kier molecular flexibility index (Phi) is 9.01. The minimum atomic E-state index is -0.756. The lowest BCUT2D eigenvalue weighted by Crippen LogP contribution is -2.44. The summed E-state index contributed by atoms with van der Waals surface area (Å²) in [7, 11) is 1.58. The van der Waals surface area contributed by atoms with Gasteiger partial charge in [-0.05, 0) is 62.6 Å². The van der Waals surface area contributed by atoms with Crippen molar-refractivity contribution < 1.29 is 23.1 Å². The number of ether oxygens (including phenoxy) is 1. The number of hydrogen-bond donors (Lipinski definition) is 2. The normalized spacial score (nSPS) is 16.7. The van der Waals surface area contributed by atoms with E-state index >= 15 is 0 Å². The van der Waals surface area contributed by atoms with Gasteiger partial charge in [-0.3, -0.25) is 9.59 Å².